The molecule has 1 rings (SSSR count). The molecule has 16 heavy (non-hydrogen) atoms. The van der Waals surface area contributed by atoms with Crippen LogP contribution in [0, 0.1) is 6.92 Å². The summed E-state index contributed by atoms with van der Waals surface area (Å²) < 4.78 is 1.86. The smallest absolute Gasteiger partial charge is 0.267 e. The lowest BCUT2D eigenvalue weighted by Crippen LogP contribution is -2.45. The van der Waals surface area contributed by atoms with Gasteiger partial charge in [0, 0.05) is 24.8 Å². The van der Waals surface area contributed by atoms with Crippen molar-refractivity contribution in [3.05, 3.63) is 23.5 Å². The fourth-order valence-electron chi connectivity index (χ4n) is 1.24. The average molecular weight is 246 g/mol. The number of carbonyl (C=O) groups excluding carboxylic acids is 1. The van der Waals surface area contributed by atoms with Gasteiger partial charge in [0.2, 0.25) is 0 Å². The van der Waals surface area contributed by atoms with Crippen molar-refractivity contribution < 1.29 is 4.79 Å². The third-order valence-electron chi connectivity index (χ3n) is 2.31. The number of halogens is 1. The summed E-state index contributed by atoms with van der Waals surface area (Å²) in [4.78, 5) is 11.7. The van der Waals surface area contributed by atoms with Crippen LogP contribution in [0.15, 0.2) is 12.1 Å². The number of aryl methyl sites for hydroxylation is 1. The Bertz CT molecular complexity index is 366. The molecule has 1 aromatic rings. The van der Waals surface area contributed by atoms with E-state index in [1.54, 1.807) is 0 Å². The molecule has 1 amide bonds. The molecule has 0 radical (unpaired) electrons. The van der Waals surface area contributed by atoms with Crippen LogP contribution in [-0.2, 0) is 7.05 Å². The molecule has 0 aromatic carbocycles. The van der Waals surface area contributed by atoms with Gasteiger partial charge in [0.05, 0.1) is 0 Å². The van der Waals surface area contributed by atoms with Gasteiger partial charge in [0.25, 0.3) is 5.91 Å². The van der Waals surface area contributed by atoms with Crippen molar-refractivity contribution in [3.63, 3.8) is 0 Å². The number of carbonyl (C=O) groups is 1. The van der Waals surface area contributed by atoms with E-state index in [-0.39, 0.29) is 23.9 Å². The minimum atomic E-state index is -0.379. The van der Waals surface area contributed by atoms with Gasteiger partial charge in [-0.3, -0.25) is 4.79 Å². The SMILES string of the molecule is Cc1ccc(C(=O)NCC(C)(C)N)n1C.Cl. The highest BCUT2D eigenvalue weighted by molar-refractivity contribution is 5.92. The number of nitrogens with zero attached hydrogens (tertiary/aromatic N) is 1. The summed E-state index contributed by atoms with van der Waals surface area (Å²) in [5.41, 5.74) is 7.13. The van der Waals surface area contributed by atoms with Gasteiger partial charge in [-0.05, 0) is 32.9 Å². The fourth-order valence-corrected chi connectivity index (χ4v) is 1.24. The minimum absolute atomic E-state index is 0. The summed E-state index contributed by atoms with van der Waals surface area (Å²) in [6.45, 7) is 6.19. The Hall–Kier alpha value is -1.00. The Morgan fingerprint density at radius 2 is 2.06 bits per heavy atom. The van der Waals surface area contributed by atoms with Crippen molar-refractivity contribution in [2.24, 2.45) is 12.8 Å². The predicted octanol–water partition coefficient (Wildman–Crippen LogP) is 1.22. The van der Waals surface area contributed by atoms with E-state index in [2.05, 4.69) is 5.32 Å². The Balaban J connectivity index is 0.00000225. The number of rotatable bonds is 3. The number of nitrogens with two attached hydrogens (primary N) is 1. The lowest BCUT2D eigenvalue weighted by molar-refractivity contribution is 0.0937. The molecule has 0 unspecified atom stereocenters. The van der Waals surface area contributed by atoms with E-state index in [1.807, 2.05) is 44.5 Å². The maximum atomic E-state index is 11.7. The molecule has 1 aromatic heterocycles. The van der Waals surface area contributed by atoms with Crippen molar-refractivity contribution >= 4 is 18.3 Å². The third-order valence-corrected chi connectivity index (χ3v) is 2.31. The second kappa shape index (κ2) is 5.37. The van der Waals surface area contributed by atoms with Gasteiger partial charge in [-0.15, -0.1) is 12.4 Å². The van der Waals surface area contributed by atoms with Crippen LogP contribution in [0.1, 0.15) is 30.0 Å². The summed E-state index contributed by atoms with van der Waals surface area (Å²) in [6, 6.07) is 3.73. The van der Waals surface area contributed by atoms with E-state index in [4.69, 9.17) is 5.73 Å². The third kappa shape index (κ3) is 3.87. The normalized spacial score (nSPS) is 10.8. The highest BCUT2D eigenvalue weighted by Crippen LogP contribution is 2.05. The Morgan fingerprint density at radius 1 is 1.50 bits per heavy atom. The largest absolute Gasteiger partial charge is 0.349 e. The van der Waals surface area contributed by atoms with E-state index in [0.29, 0.717) is 12.2 Å². The Morgan fingerprint density at radius 3 is 2.44 bits per heavy atom. The van der Waals surface area contributed by atoms with Crippen molar-refractivity contribution in [2.45, 2.75) is 26.3 Å². The Labute approximate surface area is 103 Å². The number of hydrogen-bond donors (Lipinski definition) is 2. The number of nitrogens with one attached hydrogen (secondary N) is 1. The summed E-state index contributed by atoms with van der Waals surface area (Å²) in [5, 5.41) is 2.81. The van der Waals surface area contributed by atoms with E-state index < -0.39 is 0 Å². The minimum Gasteiger partial charge on any atom is -0.349 e. The molecule has 0 spiro atoms. The molecule has 92 valence electrons. The lowest BCUT2D eigenvalue weighted by Gasteiger charge is -2.19. The van der Waals surface area contributed by atoms with Crippen LogP contribution >= 0.6 is 12.4 Å². The van der Waals surface area contributed by atoms with Crippen molar-refractivity contribution in [1.82, 2.24) is 9.88 Å². The Kier molecular flexibility index (Phi) is 5.03. The van der Waals surface area contributed by atoms with Crippen molar-refractivity contribution in [3.8, 4) is 0 Å². The monoisotopic (exact) mass is 245 g/mol. The van der Waals surface area contributed by atoms with Gasteiger partial charge in [-0.2, -0.15) is 0 Å². The average Bonchev–Trinajstić information content (AvgIpc) is 2.43. The van der Waals surface area contributed by atoms with E-state index in [1.165, 1.54) is 0 Å². The fraction of sp³-hybridized carbons (Fsp3) is 0.545. The molecule has 0 saturated heterocycles. The quantitative estimate of drug-likeness (QED) is 0.841. The molecule has 0 aliphatic heterocycles. The maximum absolute atomic E-state index is 11.7. The summed E-state index contributed by atoms with van der Waals surface area (Å²) >= 11 is 0. The molecule has 0 aliphatic carbocycles. The first kappa shape index (κ1) is 15.0. The van der Waals surface area contributed by atoms with Crippen LogP contribution in [0.3, 0.4) is 0 Å². The second-order valence-corrected chi connectivity index (χ2v) is 4.59. The second-order valence-electron chi connectivity index (χ2n) is 4.59. The number of hydrogen-bond acceptors (Lipinski definition) is 2. The highest BCUT2D eigenvalue weighted by atomic mass is 35.5. The molecule has 0 aliphatic rings. The topological polar surface area (TPSA) is 60.1 Å². The van der Waals surface area contributed by atoms with Gasteiger partial charge >= 0.3 is 0 Å². The zero-order valence-corrected chi connectivity index (χ0v) is 11.0. The first-order chi connectivity index (χ1) is 6.81. The van der Waals surface area contributed by atoms with Gasteiger partial charge in [-0.1, -0.05) is 0 Å². The van der Waals surface area contributed by atoms with Gasteiger partial charge in [0.15, 0.2) is 0 Å². The number of aromatic nitrogens is 1. The van der Waals surface area contributed by atoms with Crippen LogP contribution in [-0.4, -0.2) is 22.6 Å². The van der Waals surface area contributed by atoms with Gasteiger partial charge in [0.1, 0.15) is 5.69 Å². The molecule has 0 fully saturated rings. The molecule has 3 N–H and O–H groups in total. The van der Waals surface area contributed by atoms with Gasteiger partial charge in [-0.25, -0.2) is 0 Å². The molecule has 1 heterocycles. The van der Waals surface area contributed by atoms with Crippen molar-refractivity contribution in [1.29, 1.82) is 0 Å². The molecule has 0 atom stereocenters. The maximum Gasteiger partial charge on any atom is 0.267 e. The highest BCUT2D eigenvalue weighted by Gasteiger charge is 2.15. The first-order valence-corrected chi connectivity index (χ1v) is 5.01. The van der Waals surface area contributed by atoms with Crippen LogP contribution < -0.4 is 11.1 Å². The predicted molar refractivity (Wildman–Crippen MR) is 68.0 cm³/mol. The van der Waals surface area contributed by atoms with Crippen LogP contribution in [0.4, 0.5) is 0 Å². The van der Waals surface area contributed by atoms with Gasteiger partial charge < -0.3 is 15.6 Å². The first-order valence-electron chi connectivity index (χ1n) is 5.01. The summed E-state index contributed by atoms with van der Waals surface area (Å²) in [5.74, 6) is -0.0795. The molecular formula is C11H20ClN3O. The molecular weight excluding hydrogens is 226 g/mol. The van der Waals surface area contributed by atoms with E-state index >= 15 is 0 Å². The zero-order chi connectivity index (χ0) is 11.6. The lowest BCUT2D eigenvalue weighted by atomic mass is 10.1. The molecule has 0 saturated carbocycles. The van der Waals surface area contributed by atoms with E-state index in [9.17, 15) is 4.79 Å². The van der Waals surface area contributed by atoms with Crippen LogP contribution in [0.5, 0.6) is 0 Å². The van der Waals surface area contributed by atoms with E-state index in [0.717, 1.165) is 5.69 Å². The summed E-state index contributed by atoms with van der Waals surface area (Å²) in [6.07, 6.45) is 0. The molecule has 4 nitrogen and oxygen atoms in total. The standard InChI is InChI=1S/C11H19N3O.ClH/c1-8-5-6-9(14(8)4)10(15)13-7-11(2,3)12;/h5-6H,7,12H2,1-4H3,(H,13,15);1H. The summed E-state index contributed by atoms with van der Waals surface area (Å²) in [7, 11) is 1.87. The molecule has 5 heteroatoms. The van der Waals surface area contributed by atoms with Crippen LogP contribution in [0.25, 0.3) is 0 Å². The number of amides is 1. The van der Waals surface area contributed by atoms with Crippen molar-refractivity contribution in [2.75, 3.05) is 6.54 Å². The molecule has 0 bridgehead atoms. The zero-order valence-electron chi connectivity index (χ0n) is 10.2. The van der Waals surface area contributed by atoms with Crippen LogP contribution in [0.2, 0.25) is 0 Å².